The molecule has 0 spiro atoms. The number of nitriles is 1. The van der Waals surface area contributed by atoms with Crippen molar-refractivity contribution in [1.82, 2.24) is 10.4 Å². The van der Waals surface area contributed by atoms with Crippen molar-refractivity contribution in [1.29, 1.82) is 5.26 Å². The monoisotopic (exact) mass is 341 g/mol. The molecule has 6 heteroatoms. The fraction of sp³-hybridized carbons (Fsp3) is 0.474. The van der Waals surface area contributed by atoms with Gasteiger partial charge < -0.3 is 14.5 Å². The van der Waals surface area contributed by atoms with Crippen molar-refractivity contribution >= 4 is 11.6 Å². The van der Waals surface area contributed by atoms with Crippen molar-refractivity contribution in [2.45, 2.75) is 39.2 Å². The first-order valence-electron chi connectivity index (χ1n) is 8.60. The van der Waals surface area contributed by atoms with Crippen molar-refractivity contribution in [2.75, 3.05) is 19.7 Å². The standard InChI is InChI=1S/C19H23N3O3/c1-4-24-21-12-15-18(22-9-5-6-17(22)23)14-10-13(11-20)7-8-16(14)25-19(15,2)3/h7-8,10,21H,4-6,9,12H2,1-3H3. The Morgan fingerprint density at radius 2 is 2.24 bits per heavy atom. The molecule has 2 aliphatic heterocycles. The Hall–Kier alpha value is -2.36. The molecule has 0 aliphatic carbocycles. The number of amides is 1. The average Bonchev–Trinajstić information content (AvgIpc) is 3.00. The number of fused-ring (bicyclic) bond motifs is 1. The first kappa shape index (κ1) is 17.5. The van der Waals surface area contributed by atoms with E-state index in [1.165, 1.54) is 0 Å². The number of hydrogen-bond acceptors (Lipinski definition) is 5. The summed E-state index contributed by atoms with van der Waals surface area (Å²) < 4.78 is 6.19. The van der Waals surface area contributed by atoms with Crippen LogP contribution in [0.4, 0.5) is 0 Å². The molecule has 0 aromatic heterocycles. The van der Waals surface area contributed by atoms with Gasteiger partial charge in [-0.15, -0.1) is 0 Å². The minimum absolute atomic E-state index is 0.106. The van der Waals surface area contributed by atoms with Crippen LogP contribution in [-0.2, 0) is 9.63 Å². The Balaban J connectivity index is 2.16. The Bertz CT molecular complexity index is 762. The van der Waals surface area contributed by atoms with Gasteiger partial charge in [-0.05, 0) is 45.4 Å². The van der Waals surface area contributed by atoms with Crippen LogP contribution in [0.5, 0.6) is 5.75 Å². The molecular weight excluding hydrogens is 318 g/mol. The summed E-state index contributed by atoms with van der Waals surface area (Å²) in [6, 6.07) is 7.51. The van der Waals surface area contributed by atoms with Crippen molar-refractivity contribution in [3.8, 4) is 11.8 Å². The highest BCUT2D eigenvalue weighted by atomic mass is 16.6. The molecule has 3 rings (SSSR count). The normalized spacial score (nSPS) is 18.8. The third kappa shape index (κ3) is 3.26. The van der Waals surface area contributed by atoms with Gasteiger partial charge in [0.15, 0.2) is 0 Å². The largest absolute Gasteiger partial charge is 0.483 e. The quantitative estimate of drug-likeness (QED) is 0.658. The molecule has 0 saturated carbocycles. The minimum atomic E-state index is -0.594. The van der Waals surface area contributed by atoms with E-state index in [2.05, 4.69) is 11.5 Å². The van der Waals surface area contributed by atoms with E-state index in [0.717, 1.165) is 23.3 Å². The Morgan fingerprint density at radius 3 is 2.88 bits per heavy atom. The van der Waals surface area contributed by atoms with Crippen molar-refractivity contribution in [2.24, 2.45) is 0 Å². The van der Waals surface area contributed by atoms with Crippen LogP contribution in [0.2, 0.25) is 0 Å². The fourth-order valence-electron chi connectivity index (χ4n) is 3.37. The van der Waals surface area contributed by atoms with Gasteiger partial charge in [0.1, 0.15) is 11.4 Å². The molecule has 6 nitrogen and oxygen atoms in total. The zero-order valence-corrected chi connectivity index (χ0v) is 14.9. The fourth-order valence-corrected chi connectivity index (χ4v) is 3.37. The summed E-state index contributed by atoms with van der Waals surface area (Å²) in [6.45, 7) is 7.54. The molecule has 1 aromatic carbocycles. The number of rotatable bonds is 5. The second-order valence-electron chi connectivity index (χ2n) is 6.67. The Kier molecular flexibility index (Phi) is 4.80. The van der Waals surface area contributed by atoms with E-state index in [1.807, 2.05) is 31.7 Å². The number of benzene rings is 1. The van der Waals surface area contributed by atoms with E-state index in [1.54, 1.807) is 12.1 Å². The molecule has 1 N–H and O–H groups in total. The second kappa shape index (κ2) is 6.87. The van der Waals surface area contributed by atoms with Crippen LogP contribution >= 0.6 is 0 Å². The summed E-state index contributed by atoms with van der Waals surface area (Å²) in [6.07, 6.45) is 1.38. The van der Waals surface area contributed by atoms with Crippen LogP contribution in [-0.4, -0.2) is 36.1 Å². The number of nitrogens with one attached hydrogen (secondary N) is 1. The van der Waals surface area contributed by atoms with E-state index < -0.39 is 5.60 Å². The van der Waals surface area contributed by atoms with E-state index in [4.69, 9.17) is 9.57 Å². The van der Waals surface area contributed by atoms with Gasteiger partial charge in [-0.1, -0.05) is 0 Å². The van der Waals surface area contributed by atoms with E-state index in [9.17, 15) is 10.1 Å². The molecule has 1 fully saturated rings. The van der Waals surface area contributed by atoms with Gasteiger partial charge in [-0.25, -0.2) is 0 Å². The van der Waals surface area contributed by atoms with Crippen molar-refractivity contribution in [3.63, 3.8) is 0 Å². The number of ether oxygens (including phenoxy) is 1. The minimum Gasteiger partial charge on any atom is -0.483 e. The van der Waals surface area contributed by atoms with Gasteiger partial charge in [0, 0.05) is 30.6 Å². The molecule has 25 heavy (non-hydrogen) atoms. The molecule has 1 amide bonds. The zero-order valence-electron chi connectivity index (χ0n) is 14.9. The third-order valence-corrected chi connectivity index (χ3v) is 4.58. The number of carbonyl (C=O) groups is 1. The zero-order chi connectivity index (χ0) is 18.0. The second-order valence-corrected chi connectivity index (χ2v) is 6.67. The molecule has 0 atom stereocenters. The number of carbonyl (C=O) groups excluding carboxylic acids is 1. The number of likely N-dealkylation sites (tertiary alicyclic amines) is 1. The molecule has 1 saturated heterocycles. The van der Waals surface area contributed by atoms with Gasteiger partial charge in [0.25, 0.3) is 0 Å². The number of hydroxylamine groups is 1. The van der Waals surface area contributed by atoms with Crippen LogP contribution in [0, 0.1) is 11.3 Å². The lowest BCUT2D eigenvalue weighted by atomic mass is 9.88. The SMILES string of the molecule is CCONCC1=C(N2CCCC2=O)c2cc(C#N)ccc2OC1(C)C. The van der Waals surface area contributed by atoms with Crippen molar-refractivity contribution < 1.29 is 14.4 Å². The topological polar surface area (TPSA) is 74.6 Å². The van der Waals surface area contributed by atoms with Crippen molar-refractivity contribution in [3.05, 3.63) is 34.9 Å². The maximum atomic E-state index is 12.5. The lowest BCUT2D eigenvalue weighted by molar-refractivity contribution is -0.125. The number of hydrogen-bond donors (Lipinski definition) is 1. The van der Waals surface area contributed by atoms with Gasteiger partial charge in [-0.3, -0.25) is 4.79 Å². The van der Waals surface area contributed by atoms with Crippen LogP contribution < -0.4 is 10.2 Å². The average molecular weight is 341 g/mol. The van der Waals surface area contributed by atoms with Gasteiger partial charge in [-0.2, -0.15) is 10.7 Å². The number of nitrogens with zero attached hydrogens (tertiary/aromatic N) is 2. The van der Waals surface area contributed by atoms with E-state index in [0.29, 0.717) is 37.4 Å². The summed E-state index contributed by atoms with van der Waals surface area (Å²) in [7, 11) is 0. The van der Waals surface area contributed by atoms with Crippen LogP contribution in [0.3, 0.4) is 0 Å². The first-order valence-corrected chi connectivity index (χ1v) is 8.60. The summed E-state index contributed by atoms with van der Waals surface area (Å²) in [4.78, 5) is 19.6. The maximum Gasteiger partial charge on any atom is 0.227 e. The van der Waals surface area contributed by atoms with Gasteiger partial charge >= 0.3 is 0 Å². The smallest absolute Gasteiger partial charge is 0.227 e. The first-order chi connectivity index (χ1) is 12.0. The summed E-state index contributed by atoms with van der Waals surface area (Å²) in [5.41, 5.74) is 5.48. The van der Waals surface area contributed by atoms with E-state index in [-0.39, 0.29) is 5.91 Å². The predicted molar refractivity (Wildman–Crippen MR) is 93.4 cm³/mol. The summed E-state index contributed by atoms with van der Waals surface area (Å²) in [5, 5.41) is 9.26. The molecule has 2 aliphatic rings. The van der Waals surface area contributed by atoms with E-state index >= 15 is 0 Å². The van der Waals surface area contributed by atoms with Crippen LogP contribution in [0.15, 0.2) is 23.8 Å². The predicted octanol–water partition coefficient (Wildman–Crippen LogP) is 2.60. The summed E-state index contributed by atoms with van der Waals surface area (Å²) >= 11 is 0. The highest BCUT2D eigenvalue weighted by Gasteiger charge is 2.39. The molecule has 1 aromatic rings. The lowest BCUT2D eigenvalue weighted by Crippen LogP contribution is -2.42. The van der Waals surface area contributed by atoms with Gasteiger partial charge in [0.05, 0.1) is 23.9 Å². The Morgan fingerprint density at radius 1 is 1.44 bits per heavy atom. The third-order valence-electron chi connectivity index (χ3n) is 4.58. The molecule has 0 unspecified atom stereocenters. The lowest BCUT2D eigenvalue weighted by Gasteiger charge is -2.39. The van der Waals surface area contributed by atoms with Gasteiger partial charge in [0.2, 0.25) is 5.91 Å². The molecule has 2 heterocycles. The van der Waals surface area contributed by atoms with Crippen LogP contribution in [0.25, 0.3) is 5.70 Å². The molecule has 0 bridgehead atoms. The Labute approximate surface area is 148 Å². The summed E-state index contributed by atoms with van der Waals surface area (Å²) in [5.74, 6) is 0.800. The van der Waals surface area contributed by atoms with Crippen LogP contribution in [0.1, 0.15) is 44.7 Å². The maximum absolute atomic E-state index is 12.5. The molecule has 0 radical (unpaired) electrons. The highest BCUT2D eigenvalue weighted by Crippen LogP contribution is 2.43. The molecular formula is C19H23N3O3. The molecule has 132 valence electrons. The highest BCUT2D eigenvalue weighted by molar-refractivity contribution is 5.91.